The van der Waals surface area contributed by atoms with Crippen LogP contribution in [0.25, 0.3) is 11.0 Å². The van der Waals surface area contributed by atoms with Crippen LogP contribution in [-0.2, 0) is 11.3 Å². The van der Waals surface area contributed by atoms with Crippen LogP contribution in [0.15, 0.2) is 24.3 Å². The number of carbonyl (C=O) groups excluding carboxylic acids is 1. The van der Waals surface area contributed by atoms with Gasteiger partial charge in [-0.15, -0.1) is 0 Å². The Labute approximate surface area is 118 Å². The first-order chi connectivity index (χ1) is 9.66. The molecule has 1 aromatic carbocycles. The number of carbonyl (C=O) groups is 1. The van der Waals surface area contributed by atoms with Crippen LogP contribution in [0, 0.1) is 6.92 Å². The summed E-state index contributed by atoms with van der Waals surface area (Å²) >= 11 is 0. The quantitative estimate of drug-likeness (QED) is 0.892. The van der Waals surface area contributed by atoms with Crippen molar-refractivity contribution in [3.63, 3.8) is 0 Å². The summed E-state index contributed by atoms with van der Waals surface area (Å²) in [7, 11) is 0. The van der Waals surface area contributed by atoms with Gasteiger partial charge in [-0.2, -0.15) is 0 Å². The highest BCUT2D eigenvalue weighted by atomic mass is 16.2. The fourth-order valence-electron chi connectivity index (χ4n) is 2.83. The lowest BCUT2D eigenvalue weighted by molar-refractivity contribution is -0.134. The third-order valence-electron chi connectivity index (χ3n) is 3.96. The van der Waals surface area contributed by atoms with Crippen molar-refractivity contribution in [1.29, 1.82) is 0 Å². The highest BCUT2D eigenvalue weighted by molar-refractivity contribution is 5.81. The SMILES string of the molecule is Cc1nc2ccccc2n1CC(=O)N1CCNC[C@@H]1C. The van der Waals surface area contributed by atoms with E-state index in [9.17, 15) is 4.79 Å². The number of aryl methyl sites for hydroxylation is 1. The summed E-state index contributed by atoms with van der Waals surface area (Å²) in [5, 5.41) is 3.31. The molecule has 1 aromatic heterocycles. The Kier molecular flexibility index (Phi) is 3.44. The molecule has 1 aliphatic rings. The number of aromatic nitrogens is 2. The van der Waals surface area contributed by atoms with E-state index in [0.29, 0.717) is 6.54 Å². The molecule has 2 heterocycles. The number of hydrogen-bond acceptors (Lipinski definition) is 3. The third-order valence-corrected chi connectivity index (χ3v) is 3.96. The van der Waals surface area contributed by atoms with E-state index in [1.807, 2.05) is 40.7 Å². The molecule has 1 N–H and O–H groups in total. The van der Waals surface area contributed by atoms with Gasteiger partial charge in [-0.05, 0) is 26.0 Å². The smallest absolute Gasteiger partial charge is 0.242 e. The number of nitrogens with one attached hydrogen (secondary N) is 1. The van der Waals surface area contributed by atoms with Crippen LogP contribution >= 0.6 is 0 Å². The van der Waals surface area contributed by atoms with Crippen LogP contribution in [-0.4, -0.2) is 46.0 Å². The Hall–Kier alpha value is -1.88. The number of piperazine rings is 1. The molecular weight excluding hydrogens is 252 g/mol. The lowest BCUT2D eigenvalue weighted by Crippen LogP contribution is -2.53. The lowest BCUT2D eigenvalue weighted by Gasteiger charge is -2.34. The monoisotopic (exact) mass is 272 g/mol. The fourth-order valence-corrected chi connectivity index (χ4v) is 2.83. The molecule has 0 radical (unpaired) electrons. The molecule has 0 unspecified atom stereocenters. The fraction of sp³-hybridized carbons (Fsp3) is 0.467. The van der Waals surface area contributed by atoms with Crippen LogP contribution in [0.1, 0.15) is 12.7 Å². The number of amides is 1. The largest absolute Gasteiger partial charge is 0.336 e. The minimum atomic E-state index is 0.172. The molecule has 1 aliphatic heterocycles. The first kappa shape index (κ1) is 13.1. The Morgan fingerprint density at radius 2 is 2.25 bits per heavy atom. The number of benzene rings is 1. The Bertz CT molecular complexity index is 634. The van der Waals surface area contributed by atoms with Gasteiger partial charge in [0.2, 0.25) is 5.91 Å². The molecule has 1 amide bonds. The second kappa shape index (κ2) is 5.25. The lowest BCUT2D eigenvalue weighted by atomic mass is 10.2. The van der Waals surface area contributed by atoms with Gasteiger partial charge in [0.05, 0.1) is 11.0 Å². The van der Waals surface area contributed by atoms with Crippen molar-refractivity contribution in [2.45, 2.75) is 26.4 Å². The Morgan fingerprint density at radius 3 is 3.05 bits per heavy atom. The van der Waals surface area contributed by atoms with Crippen molar-refractivity contribution in [2.75, 3.05) is 19.6 Å². The molecule has 1 fully saturated rings. The maximum atomic E-state index is 12.5. The van der Waals surface area contributed by atoms with E-state index in [4.69, 9.17) is 0 Å². The summed E-state index contributed by atoms with van der Waals surface area (Å²) in [6.45, 7) is 6.94. The highest BCUT2D eigenvalue weighted by Gasteiger charge is 2.23. The summed E-state index contributed by atoms with van der Waals surface area (Å²) in [4.78, 5) is 19.0. The molecule has 5 nitrogen and oxygen atoms in total. The van der Waals surface area contributed by atoms with Crippen molar-refractivity contribution in [1.82, 2.24) is 19.8 Å². The van der Waals surface area contributed by atoms with Crippen molar-refractivity contribution in [2.24, 2.45) is 0 Å². The first-order valence-electron chi connectivity index (χ1n) is 7.09. The van der Waals surface area contributed by atoms with Gasteiger partial charge in [0.1, 0.15) is 12.4 Å². The standard InChI is InChI=1S/C15H20N4O/c1-11-9-16-7-8-18(11)15(20)10-19-12(2)17-13-5-3-4-6-14(13)19/h3-6,11,16H,7-10H2,1-2H3/t11-/m0/s1. The number of hydrogen-bond donors (Lipinski definition) is 1. The zero-order valence-electron chi connectivity index (χ0n) is 12.0. The van der Waals surface area contributed by atoms with Crippen molar-refractivity contribution < 1.29 is 4.79 Å². The van der Waals surface area contributed by atoms with Gasteiger partial charge < -0.3 is 14.8 Å². The number of imidazole rings is 1. The van der Waals surface area contributed by atoms with Crippen LogP contribution in [0.3, 0.4) is 0 Å². The summed E-state index contributed by atoms with van der Waals surface area (Å²) in [5.41, 5.74) is 1.98. The topological polar surface area (TPSA) is 50.2 Å². The zero-order valence-corrected chi connectivity index (χ0v) is 12.0. The Balaban J connectivity index is 1.85. The molecule has 2 aromatic rings. The normalized spacial score (nSPS) is 19.5. The number of fused-ring (bicyclic) bond motifs is 1. The predicted molar refractivity (Wildman–Crippen MR) is 78.5 cm³/mol. The zero-order chi connectivity index (χ0) is 14.1. The average molecular weight is 272 g/mol. The van der Waals surface area contributed by atoms with Gasteiger partial charge in [-0.1, -0.05) is 12.1 Å². The maximum absolute atomic E-state index is 12.5. The van der Waals surface area contributed by atoms with E-state index in [0.717, 1.165) is 36.5 Å². The molecule has 1 saturated heterocycles. The molecule has 0 bridgehead atoms. The van der Waals surface area contributed by atoms with E-state index < -0.39 is 0 Å². The second-order valence-electron chi connectivity index (χ2n) is 5.37. The van der Waals surface area contributed by atoms with Gasteiger partial charge in [-0.3, -0.25) is 4.79 Å². The summed E-state index contributed by atoms with van der Waals surface area (Å²) in [6, 6.07) is 8.21. The van der Waals surface area contributed by atoms with E-state index in [1.165, 1.54) is 0 Å². The van der Waals surface area contributed by atoms with E-state index >= 15 is 0 Å². The van der Waals surface area contributed by atoms with Gasteiger partial charge in [0, 0.05) is 25.7 Å². The molecule has 3 rings (SSSR count). The molecule has 0 saturated carbocycles. The average Bonchev–Trinajstić information content (AvgIpc) is 2.76. The summed E-state index contributed by atoms with van der Waals surface area (Å²) in [6.07, 6.45) is 0. The minimum absolute atomic E-state index is 0.172. The van der Waals surface area contributed by atoms with E-state index in [-0.39, 0.29) is 11.9 Å². The number of nitrogens with zero attached hydrogens (tertiary/aromatic N) is 3. The molecule has 106 valence electrons. The molecule has 5 heteroatoms. The second-order valence-corrected chi connectivity index (χ2v) is 5.37. The Morgan fingerprint density at radius 1 is 1.45 bits per heavy atom. The van der Waals surface area contributed by atoms with Crippen LogP contribution in [0.4, 0.5) is 0 Å². The molecule has 0 spiro atoms. The third kappa shape index (κ3) is 2.29. The molecule has 1 atom stereocenters. The van der Waals surface area contributed by atoms with E-state index in [2.05, 4.69) is 17.2 Å². The summed E-state index contributed by atoms with van der Waals surface area (Å²) in [5.74, 6) is 1.06. The van der Waals surface area contributed by atoms with Crippen molar-refractivity contribution in [3.05, 3.63) is 30.1 Å². The molecular formula is C15H20N4O. The maximum Gasteiger partial charge on any atom is 0.242 e. The minimum Gasteiger partial charge on any atom is -0.336 e. The molecule has 0 aliphatic carbocycles. The first-order valence-corrected chi connectivity index (χ1v) is 7.09. The van der Waals surface area contributed by atoms with Crippen molar-refractivity contribution >= 4 is 16.9 Å². The van der Waals surface area contributed by atoms with Crippen LogP contribution in [0.5, 0.6) is 0 Å². The van der Waals surface area contributed by atoms with Crippen LogP contribution in [0.2, 0.25) is 0 Å². The van der Waals surface area contributed by atoms with Crippen LogP contribution < -0.4 is 5.32 Å². The van der Waals surface area contributed by atoms with Gasteiger partial charge in [0.25, 0.3) is 0 Å². The van der Waals surface area contributed by atoms with Gasteiger partial charge >= 0.3 is 0 Å². The summed E-state index contributed by atoms with van der Waals surface area (Å²) < 4.78 is 2.01. The number of para-hydroxylation sites is 2. The van der Waals surface area contributed by atoms with Gasteiger partial charge in [0.15, 0.2) is 0 Å². The number of rotatable bonds is 2. The highest BCUT2D eigenvalue weighted by Crippen LogP contribution is 2.16. The van der Waals surface area contributed by atoms with E-state index in [1.54, 1.807) is 0 Å². The van der Waals surface area contributed by atoms with Crippen molar-refractivity contribution in [3.8, 4) is 0 Å². The van der Waals surface area contributed by atoms with Gasteiger partial charge in [-0.25, -0.2) is 4.98 Å². The molecule has 20 heavy (non-hydrogen) atoms. The predicted octanol–water partition coefficient (Wildman–Crippen LogP) is 1.17.